The van der Waals surface area contributed by atoms with Crippen LogP contribution in [-0.4, -0.2) is 39.1 Å². The summed E-state index contributed by atoms with van der Waals surface area (Å²) in [6, 6.07) is 20.7. The van der Waals surface area contributed by atoms with E-state index in [1.165, 1.54) is 6.08 Å². The highest BCUT2D eigenvalue weighted by Crippen LogP contribution is 2.28. The summed E-state index contributed by atoms with van der Waals surface area (Å²) in [6.45, 7) is 0.786. The van der Waals surface area contributed by atoms with Gasteiger partial charge in [0.15, 0.2) is 0 Å². The summed E-state index contributed by atoms with van der Waals surface area (Å²) in [5.74, 6) is -0.568. The zero-order valence-electron chi connectivity index (χ0n) is 19.3. The number of imide groups is 1. The maximum atomic E-state index is 12.7. The SMILES string of the molecule is O=C(/C=C/c1cn(Cc2ccccc2)nc1-c1cccs1)Nc1cccc(CN2C(=O)CNC2=O)c1. The maximum absolute atomic E-state index is 12.7. The highest BCUT2D eigenvalue weighted by atomic mass is 32.1. The molecule has 1 saturated heterocycles. The monoisotopic (exact) mass is 497 g/mol. The topological polar surface area (TPSA) is 96.3 Å². The molecule has 1 aliphatic rings. The minimum Gasteiger partial charge on any atom is -0.329 e. The minimum atomic E-state index is -0.410. The van der Waals surface area contributed by atoms with Gasteiger partial charge in [-0.2, -0.15) is 5.10 Å². The predicted octanol–water partition coefficient (Wildman–Crippen LogP) is 4.36. The van der Waals surface area contributed by atoms with Crippen molar-refractivity contribution in [1.29, 1.82) is 0 Å². The summed E-state index contributed by atoms with van der Waals surface area (Å²) < 4.78 is 1.88. The minimum absolute atomic E-state index is 0.00937. The Balaban J connectivity index is 1.30. The standard InChI is InChI=1S/C27H23N5O3S/c33-24(29-22-9-4-8-20(14-22)17-32-25(34)15-28-27(32)35)12-11-21-18-31(16-19-6-2-1-3-7-19)30-26(21)23-10-5-13-36-23/h1-14,18H,15-17H2,(H,28,35)(H,29,33)/b12-11+. The molecule has 5 rings (SSSR count). The van der Waals surface area contributed by atoms with Crippen molar-refractivity contribution >= 4 is 40.9 Å². The molecule has 180 valence electrons. The van der Waals surface area contributed by atoms with Gasteiger partial charge in [-0.05, 0) is 40.8 Å². The Kier molecular flexibility index (Phi) is 6.72. The quantitative estimate of drug-likeness (QED) is 0.279. The fourth-order valence-corrected chi connectivity index (χ4v) is 4.64. The van der Waals surface area contributed by atoms with Crippen LogP contribution < -0.4 is 10.6 Å². The molecule has 2 N–H and O–H groups in total. The zero-order valence-corrected chi connectivity index (χ0v) is 20.1. The third-order valence-electron chi connectivity index (χ3n) is 5.62. The van der Waals surface area contributed by atoms with E-state index in [-0.39, 0.29) is 24.9 Å². The first-order valence-electron chi connectivity index (χ1n) is 11.4. The van der Waals surface area contributed by atoms with Gasteiger partial charge in [0.1, 0.15) is 5.69 Å². The number of hydrogen-bond acceptors (Lipinski definition) is 5. The Bertz CT molecular complexity index is 1410. The Morgan fingerprint density at radius 2 is 1.86 bits per heavy atom. The molecule has 0 bridgehead atoms. The van der Waals surface area contributed by atoms with E-state index >= 15 is 0 Å². The van der Waals surface area contributed by atoms with Gasteiger partial charge in [0.25, 0.3) is 0 Å². The van der Waals surface area contributed by atoms with Crippen LogP contribution in [0.5, 0.6) is 0 Å². The van der Waals surface area contributed by atoms with Gasteiger partial charge in [-0.1, -0.05) is 48.5 Å². The summed E-state index contributed by atoms with van der Waals surface area (Å²) in [7, 11) is 0. The first-order valence-corrected chi connectivity index (χ1v) is 12.2. The maximum Gasteiger partial charge on any atom is 0.324 e. The number of nitrogens with zero attached hydrogens (tertiary/aromatic N) is 3. The molecule has 0 spiro atoms. The second-order valence-corrected chi connectivity index (χ2v) is 9.20. The molecule has 4 aromatic rings. The lowest BCUT2D eigenvalue weighted by molar-refractivity contribution is -0.125. The van der Waals surface area contributed by atoms with E-state index in [0.29, 0.717) is 12.2 Å². The van der Waals surface area contributed by atoms with Gasteiger partial charge in [-0.25, -0.2) is 4.79 Å². The van der Waals surface area contributed by atoms with Gasteiger partial charge in [0.05, 0.1) is 24.5 Å². The van der Waals surface area contributed by atoms with Crippen molar-refractivity contribution in [2.75, 3.05) is 11.9 Å². The molecule has 0 aliphatic carbocycles. The number of amides is 4. The highest BCUT2D eigenvalue weighted by Gasteiger charge is 2.28. The number of hydrogen-bond donors (Lipinski definition) is 2. The van der Waals surface area contributed by atoms with Gasteiger partial charge in [-0.3, -0.25) is 19.2 Å². The zero-order chi connectivity index (χ0) is 24.9. The predicted molar refractivity (Wildman–Crippen MR) is 139 cm³/mol. The Morgan fingerprint density at radius 1 is 1.03 bits per heavy atom. The van der Waals surface area contributed by atoms with Crippen LogP contribution in [0.4, 0.5) is 10.5 Å². The second-order valence-electron chi connectivity index (χ2n) is 8.26. The van der Waals surface area contributed by atoms with Crippen molar-refractivity contribution in [3.8, 4) is 10.6 Å². The van der Waals surface area contributed by atoms with Gasteiger partial charge in [0, 0.05) is 23.5 Å². The molecular formula is C27H23N5O3S. The number of rotatable bonds is 8. The normalized spacial score (nSPS) is 13.4. The van der Waals surface area contributed by atoms with Crippen molar-refractivity contribution < 1.29 is 14.4 Å². The fraction of sp³-hybridized carbons (Fsp3) is 0.111. The van der Waals surface area contributed by atoms with Crippen molar-refractivity contribution in [1.82, 2.24) is 20.0 Å². The molecule has 0 radical (unpaired) electrons. The van der Waals surface area contributed by atoms with E-state index < -0.39 is 6.03 Å². The summed E-state index contributed by atoms with van der Waals surface area (Å²) in [5, 5.41) is 12.1. The van der Waals surface area contributed by atoms with Crippen LogP contribution in [0, 0.1) is 0 Å². The van der Waals surface area contributed by atoms with Gasteiger partial charge in [0.2, 0.25) is 11.8 Å². The van der Waals surface area contributed by atoms with E-state index in [4.69, 9.17) is 5.10 Å². The van der Waals surface area contributed by atoms with E-state index in [9.17, 15) is 14.4 Å². The van der Waals surface area contributed by atoms with E-state index in [1.54, 1.807) is 41.7 Å². The number of thiophene rings is 1. The van der Waals surface area contributed by atoms with Crippen LogP contribution in [0.25, 0.3) is 16.6 Å². The number of urea groups is 1. The average Bonchev–Trinajstić information content (AvgIpc) is 3.61. The molecule has 0 saturated carbocycles. The number of benzene rings is 2. The van der Waals surface area contributed by atoms with E-state index in [0.717, 1.165) is 32.2 Å². The van der Waals surface area contributed by atoms with Crippen LogP contribution in [0.2, 0.25) is 0 Å². The lowest BCUT2D eigenvalue weighted by Gasteiger charge is -2.13. The van der Waals surface area contributed by atoms with Gasteiger partial charge >= 0.3 is 6.03 Å². The lowest BCUT2D eigenvalue weighted by Crippen LogP contribution is -2.30. The van der Waals surface area contributed by atoms with Crippen LogP contribution in [0.1, 0.15) is 16.7 Å². The van der Waals surface area contributed by atoms with Crippen molar-refractivity contribution in [3.63, 3.8) is 0 Å². The number of aromatic nitrogens is 2. The molecule has 4 amide bonds. The Morgan fingerprint density at radius 3 is 2.61 bits per heavy atom. The molecule has 2 aromatic heterocycles. The van der Waals surface area contributed by atoms with E-state index in [1.807, 2.05) is 46.6 Å². The lowest BCUT2D eigenvalue weighted by atomic mass is 10.2. The van der Waals surface area contributed by atoms with Crippen molar-refractivity contribution in [2.45, 2.75) is 13.1 Å². The smallest absolute Gasteiger partial charge is 0.324 e. The first kappa shape index (κ1) is 23.3. The van der Waals surface area contributed by atoms with Crippen LogP contribution in [-0.2, 0) is 22.7 Å². The summed E-state index contributed by atoms with van der Waals surface area (Å²) >= 11 is 1.59. The Hall–Kier alpha value is -4.50. The molecule has 1 aliphatic heterocycles. The summed E-state index contributed by atoms with van der Waals surface area (Å²) in [5.41, 5.74) is 4.12. The van der Waals surface area contributed by atoms with Gasteiger partial charge in [-0.15, -0.1) is 11.3 Å². The van der Waals surface area contributed by atoms with Crippen LogP contribution >= 0.6 is 11.3 Å². The number of carbonyl (C=O) groups excluding carboxylic acids is 3. The first-order chi connectivity index (χ1) is 17.5. The highest BCUT2D eigenvalue weighted by molar-refractivity contribution is 7.13. The largest absolute Gasteiger partial charge is 0.329 e. The molecule has 8 nitrogen and oxygen atoms in total. The Labute approximate surface area is 211 Å². The molecule has 36 heavy (non-hydrogen) atoms. The van der Waals surface area contributed by atoms with Crippen LogP contribution in [0.3, 0.4) is 0 Å². The fourth-order valence-electron chi connectivity index (χ4n) is 3.91. The molecule has 1 fully saturated rings. The van der Waals surface area contributed by atoms with E-state index in [2.05, 4.69) is 22.8 Å². The second kappa shape index (κ2) is 10.4. The molecule has 0 unspecified atom stereocenters. The van der Waals surface area contributed by atoms with Crippen LogP contribution in [0.15, 0.2) is 84.4 Å². The number of anilines is 1. The third kappa shape index (κ3) is 5.42. The van der Waals surface area contributed by atoms with Crippen molar-refractivity contribution in [3.05, 3.63) is 101 Å². The molecule has 0 atom stereocenters. The summed E-state index contributed by atoms with van der Waals surface area (Å²) in [4.78, 5) is 38.5. The third-order valence-corrected chi connectivity index (χ3v) is 6.50. The molecule has 3 heterocycles. The average molecular weight is 498 g/mol. The van der Waals surface area contributed by atoms with Crippen molar-refractivity contribution in [2.24, 2.45) is 0 Å². The summed E-state index contributed by atoms with van der Waals surface area (Å²) in [6.07, 6.45) is 5.17. The molecule has 2 aromatic carbocycles. The number of carbonyl (C=O) groups is 3. The molecule has 9 heteroatoms. The molecular weight excluding hydrogens is 474 g/mol. The van der Waals surface area contributed by atoms with Gasteiger partial charge < -0.3 is 10.6 Å². The number of nitrogens with one attached hydrogen (secondary N) is 2.